The summed E-state index contributed by atoms with van der Waals surface area (Å²) in [6.07, 6.45) is 1.04. The third-order valence-corrected chi connectivity index (χ3v) is 5.89. The van der Waals surface area contributed by atoms with Gasteiger partial charge in [0.15, 0.2) is 0 Å². The van der Waals surface area contributed by atoms with Crippen LogP contribution < -0.4 is 9.64 Å². The molecule has 0 fully saturated rings. The monoisotopic (exact) mass is 469 g/mol. The van der Waals surface area contributed by atoms with Gasteiger partial charge in [0.25, 0.3) is 0 Å². The molecule has 1 unspecified atom stereocenters. The summed E-state index contributed by atoms with van der Waals surface area (Å²) < 4.78 is 25.4. The van der Waals surface area contributed by atoms with Crippen molar-refractivity contribution in [2.75, 3.05) is 12.0 Å². The van der Waals surface area contributed by atoms with Crippen LogP contribution in [0.4, 0.5) is 14.9 Å². The van der Waals surface area contributed by atoms with Crippen LogP contribution in [0.3, 0.4) is 0 Å². The van der Waals surface area contributed by atoms with Gasteiger partial charge in [-0.15, -0.1) is 0 Å². The molecule has 1 heterocycles. The first-order chi connectivity index (χ1) is 14.6. The second-order valence-corrected chi connectivity index (χ2v) is 7.99. The van der Waals surface area contributed by atoms with Gasteiger partial charge in [-0.05, 0) is 63.7 Å². The molecule has 0 bridgehead atoms. The average Bonchev–Trinajstić information content (AvgIpc) is 2.77. The molecule has 0 saturated carbocycles. The minimum atomic E-state index is -0.446. The molecule has 0 N–H and O–H groups in total. The summed E-state index contributed by atoms with van der Waals surface area (Å²) in [4.78, 5) is 14.9. The summed E-state index contributed by atoms with van der Waals surface area (Å²) in [5.74, 6) is 0.327. The summed E-state index contributed by atoms with van der Waals surface area (Å²) in [6.45, 7) is 0.176. The number of amides is 1. The van der Waals surface area contributed by atoms with E-state index >= 15 is 0 Å². The Morgan fingerprint density at radius 3 is 2.57 bits per heavy atom. The van der Waals surface area contributed by atoms with Crippen molar-refractivity contribution in [2.45, 2.75) is 25.5 Å². The van der Waals surface area contributed by atoms with Crippen molar-refractivity contribution in [3.63, 3.8) is 0 Å². The van der Waals surface area contributed by atoms with Gasteiger partial charge < -0.3 is 9.47 Å². The standard InChI is InChI=1S/C24H21BrFNO3/c1-29-23-14-22-18(13-20(23)25)9-12-21(17-7-10-19(26)11-8-17)27(22)24(28)30-15-16-5-3-2-4-6-16/h2-8,10-11,13-14,21H,9,12,15H2,1H3. The van der Waals surface area contributed by atoms with E-state index in [0.29, 0.717) is 12.2 Å². The lowest BCUT2D eigenvalue weighted by Gasteiger charge is -2.37. The highest BCUT2D eigenvalue weighted by molar-refractivity contribution is 9.10. The van der Waals surface area contributed by atoms with Gasteiger partial charge >= 0.3 is 6.09 Å². The highest BCUT2D eigenvalue weighted by Gasteiger charge is 2.34. The zero-order chi connectivity index (χ0) is 21.1. The number of methoxy groups -OCH3 is 1. The highest BCUT2D eigenvalue weighted by atomic mass is 79.9. The van der Waals surface area contributed by atoms with Crippen molar-refractivity contribution < 1.29 is 18.7 Å². The highest BCUT2D eigenvalue weighted by Crippen LogP contribution is 2.43. The van der Waals surface area contributed by atoms with Crippen LogP contribution >= 0.6 is 15.9 Å². The summed E-state index contributed by atoms with van der Waals surface area (Å²) in [5.41, 5.74) is 3.54. The van der Waals surface area contributed by atoms with E-state index in [9.17, 15) is 9.18 Å². The molecule has 1 amide bonds. The smallest absolute Gasteiger partial charge is 0.415 e. The van der Waals surface area contributed by atoms with Crippen LogP contribution in [0.1, 0.15) is 29.2 Å². The third-order valence-electron chi connectivity index (χ3n) is 5.27. The predicted octanol–water partition coefficient (Wildman–Crippen LogP) is 6.43. The molecule has 0 aliphatic carbocycles. The van der Waals surface area contributed by atoms with E-state index < -0.39 is 6.09 Å². The number of rotatable bonds is 4. The summed E-state index contributed by atoms with van der Waals surface area (Å²) in [7, 11) is 1.59. The van der Waals surface area contributed by atoms with E-state index in [1.54, 1.807) is 24.1 Å². The number of fused-ring (bicyclic) bond motifs is 1. The largest absolute Gasteiger partial charge is 0.495 e. The normalized spacial score (nSPS) is 15.4. The molecule has 0 aromatic heterocycles. The van der Waals surface area contributed by atoms with Crippen LogP contribution in [0.25, 0.3) is 0 Å². The third kappa shape index (κ3) is 4.19. The Morgan fingerprint density at radius 2 is 1.87 bits per heavy atom. The van der Waals surface area contributed by atoms with Crippen molar-refractivity contribution in [3.05, 3.63) is 93.7 Å². The summed E-state index contributed by atoms with van der Waals surface area (Å²) >= 11 is 3.52. The molecule has 3 aromatic rings. The minimum Gasteiger partial charge on any atom is -0.495 e. The fraction of sp³-hybridized carbons (Fsp3) is 0.208. The fourth-order valence-electron chi connectivity index (χ4n) is 3.77. The molecule has 3 aromatic carbocycles. The molecule has 0 radical (unpaired) electrons. The van der Waals surface area contributed by atoms with Crippen LogP contribution in [0.2, 0.25) is 0 Å². The van der Waals surface area contributed by atoms with Crippen LogP contribution in [0, 0.1) is 5.82 Å². The molecule has 4 nitrogen and oxygen atoms in total. The lowest BCUT2D eigenvalue weighted by Crippen LogP contribution is -2.38. The van der Waals surface area contributed by atoms with Crippen molar-refractivity contribution in [1.82, 2.24) is 0 Å². The second kappa shape index (κ2) is 8.88. The molecule has 154 valence electrons. The number of hydrogen-bond donors (Lipinski definition) is 0. The first kappa shape index (κ1) is 20.4. The molecular weight excluding hydrogens is 449 g/mol. The molecule has 1 aliphatic heterocycles. The number of ether oxygens (including phenoxy) is 2. The first-order valence-electron chi connectivity index (χ1n) is 9.68. The Labute approximate surface area is 183 Å². The topological polar surface area (TPSA) is 38.8 Å². The minimum absolute atomic E-state index is 0.176. The lowest BCUT2D eigenvalue weighted by atomic mass is 9.91. The Bertz CT molecular complexity index is 1040. The van der Waals surface area contributed by atoms with Crippen LogP contribution in [-0.4, -0.2) is 13.2 Å². The summed E-state index contributed by atoms with van der Waals surface area (Å²) in [5, 5.41) is 0. The van der Waals surface area contributed by atoms with Crippen molar-refractivity contribution in [3.8, 4) is 5.75 Å². The van der Waals surface area contributed by atoms with Gasteiger partial charge in [0, 0.05) is 6.07 Å². The number of hydrogen-bond acceptors (Lipinski definition) is 3. The Hall–Kier alpha value is -2.86. The van der Waals surface area contributed by atoms with Crippen molar-refractivity contribution in [1.29, 1.82) is 0 Å². The molecule has 1 atom stereocenters. The zero-order valence-electron chi connectivity index (χ0n) is 16.5. The van der Waals surface area contributed by atoms with Crippen LogP contribution in [0.15, 0.2) is 71.2 Å². The Balaban J connectivity index is 1.70. The van der Waals surface area contributed by atoms with Crippen molar-refractivity contribution in [2.24, 2.45) is 0 Å². The number of carbonyl (C=O) groups excluding carboxylic acids is 1. The number of anilines is 1. The van der Waals surface area contributed by atoms with E-state index in [0.717, 1.165) is 33.3 Å². The maximum absolute atomic E-state index is 13.5. The number of carbonyl (C=O) groups is 1. The Morgan fingerprint density at radius 1 is 1.13 bits per heavy atom. The van der Waals surface area contributed by atoms with Crippen LogP contribution in [0.5, 0.6) is 5.75 Å². The molecule has 0 saturated heterocycles. The predicted molar refractivity (Wildman–Crippen MR) is 117 cm³/mol. The van der Waals surface area contributed by atoms with Gasteiger partial charge in [0.2, 0.25) is 0 Å². The van der Waals surface area contributed by atoms with Gasteiger partial charge in [-0.1, -0.05) is 42.5 Å². The van der Waals surface area contributed by atoms with E-state index in [1.165, 1.54) is 12.1 Å². The summed E-state index contributed by atoms with van der Waals surface area (Å²) in [6, 6.07) is 19.4. The van der Waals surface area contributed by atoms with E-state index in [1.807, 2.05) is 42.5 Å². The second-order valence-electron chi connectivity index (χ2n) is 7.13. The molecule has 4 rings (SSSR count). The number of halogens is 2. The molecule has 6 heteroatoms. The molecule has 0 spiro atoms. The number of nitrogens with zero attached hydrogens (tertiary/aromatic N) is 1. The number of benzene rings is 3. The molecular formula is C24H21BrFNO3. The van der Waals surface area contributed by atoms with E-state index in [2.05, 4.69) is 15.9 Å². The van der Waals surface area contributed by atoms with Crippen molar-refractivity contribution >= 4 is 27.7 Å². The van der Waals surface area contributed by atoms with Gasteiger partial charge in [-0.3, -0.25) is 4.90 Å². The maximum atomic E-state index is 13.5. The van der Waals surface area contributed by atoms with Gasteiger partial charge in [0.05, 0.1) is 23.3 Å². The SMILES string of the molecule is COc1cc2c(cc1Br)CCC(c1ccc(F)cc1)N2C(=O)OCc1ccccc1. The quantitative estimate of drug-likeness (QED) is 0.441. The van der Waals surface area contributed by atoms with Gasteiger partial charge in [0.1, 0.15) is 18.2 Å². The molecule has 1 aliphatic rings. The Kier molecular flexibility index (Phi) is 6.04. The maximum Gasteiger partial charge on any atom is 0.415 e. The lowest BCUT2D eigenvalue weighted by molar-refractivity contribution is 0.143. The van der Waals surface area contributed by atoms with Crippen LogP contribution in [-0.2, 0) is 17.8 Å². The number of aryl methyl sites for hydroxylation is 1. The van der Waals surface area contributed by atoms with Gasteiger partial charge in [-0.25, -0.2) is 9.18 Å². The molecule has 30 heavy (non-hydrogen) atoms. The zero-order valence-corrected chi connectivity index (χ0v) is 18.1. The van der Waals surface area contributed by atoms with Gasteiger partial charge in [-0.2, -0.15) is 0 Å². The fourth-order valence-corrected chi connectivity index (χ4v) is 4.32. The average molecular weight is 470 g/mol. The first-order valence-corrected chi connectivity index (χ1v) is 10.5. The van der Waals surface area contributed by atoms with E-state index in [-0.39, 0.29) is 18.5 Å². The van der Waals surface area contributed by atoms with E-state index in [4.69, 9.17) is 9.47 Å².